The van der Waals surface area contributed by atoms with Crippen LogP contribution in [0, 0.1) is 19.8 Å². The lowest BCUT2D eigenvalue weighted by Crippen LogP contribution is -2.33. The maximum atomic E-state index is 11.9. The van der Waals surface area contributed by atoms with Gasteiger partial charge in [-0.3, -0.25) is 9.59 Å². The number of nitrogens with one attached hydrogen (secondary N) is 1. The Morgan fingerprint density at radius 1 is 1.25 bits per heavy atom. The third kappa shape index (κ3) is 4.95. The Kier molecular flexibility index (Phi) is 5.61. The molecule has 0 aliphatic heterocycles. The van der Waals surface area contributed by atoms with Crippen molar-refractivity contribution in [3.05, 3.63) is 23.3 Å². The molecule has 1 aromatic rings. The van der Waals surface area contributed by atoms with Gasteiger partial charge >= 0.3 is 5.97 Å². The highest BCUT2D eigenvalue weighted by molar-refractivity contribution is 5.92. The maximum absolute atomic E-state index is 11.9. The van der Waals surface area contributed by atoms with E-state index in [0.717, 1.165) is 5.69 Å². The van der Waals surface area contributed by atoms with E-state index >= 15 is 0 Å². The minimum atomic E-state index is -0.398. The molecule has 0 spiro atoms. The molecule has 1 amide bonds. The molecule has 0 radical (unpaired) electrons. The van der Waals surface area contributed by atoms with Crippen molar-refractivity contribution in [2.45, 2.75) is 40.7 Å². The predicted octanol–water partition coefficient (Wildman–Crippen LogP) is 1.41. The summed E-state index contributed by atoms with van der Waals surface area (Å²) in [6, 6.07) is 1.61. The van der Waals surface area contributed by atoms with E-state index in [1.165, 1.54) is 0 Å². The number of hydrogen-bond acceptors (Lipinski definition) is 5. The maximum Gasteiger partial charge on any atom is 0.310 e. The molecule has 6 heteroatoms. The highest BCUT2D eigenvalue weighted by Crippen LogP contribution is 2.03. The van der Waals surface area contributed by atoms with Gasteiger partial charge in [-0.1, -0.05) is 6.92 Å². The van der Waals surface area contributed by atoms with E-state index in [9.17, 15) is 9.59 Å². The summed E-state index contributed by atoms with van der Waals surface area (Å²) in [6.07, 6.45) is -0.159. The quantitative estimate of drug-likeness (QED) is 0.824. The molecule has 0 aromatic carbocycles. The summed E-state index contributed by atoms with van der Waals surface area (Å²) in [6.45, 7) is 9.03. The number of hydrogen-bond donors (Lipinski definition) is 1. The molecule has 0 aliphatic rings. The molecule has 0 fully saturated rings. The molecule has 0 aliphatic carbocycles. The molecule has 20 heavy (non-hydrogen) atoms. The van der Waals surface area contributed by atoms with Crippen LogP contribution in [0.15, 0.2) is 6.07 Å². The van der Waals surface area contributed by atoms with Crippen LogP contribution in [-0.4, -0.2) is 34.5 Å². The van der Waals surface area contributed by atoms with Crippen LogP contribution in [0.5, 0.6) is 0 Å². The molecular weight excluding hydrogens is 258 g/mol. The number of rotatable bonds is 5. The van der Waals surface area contributed by atoms with Gasteiger partial charge in [0.1, 0.15) is 11.5 Å². The number of amides is 1. The van der Waals surface area contributed by atoms with Crippen LogP contribution in [0.2, 0.25) is 0 Å². The minimum Gasteiger partial charge on any atom is -0.463 e. The summed E-state index contributed by atoms with van der Waals surface area (Å²) in [7, 11) is 0. The van der Waals surface area contributed by atoms with Gasteiger partial charge in [0.15, 0.2) is 0 Å². The summed E-state index contributed by atoms with van der Waals surface area (Å²) >= 11 is 0. The van der Waals surface area contributed by atoms with Crippen LogP contribution < -0.4 is 5.32 Å². The zero-order valence-electron chi connectivity index (χ0n) is 12.6. The highest BCUT2D eigenvalue weighted by Gasteiger charge is 2.17. The summed E-state index contributed by atoms with van der Waals surface area (Å²) in [5.41, 5.74) is 1.04. The number of carbonyl (C=O) groups is 2. The van der Waals surface area contributed by atoms with Crippen molar-refractivity contribution >= 4 is 11.9 Å². The smallest absolute Gasteiger partial charge is 0.310 e. The van der Waals surface area contributed by atoms with Gasteiger partial charge in [0.05, 0.1) is 12.0 Å². The molecule has 110 valence electrons. The number of carbonyl (C=O) groups excluding carboxylic acids is 2. The van der Waals surface area contributed by atoms with Crippen molar-refractivity contribution in [2.75, 3.05) is 6.54 Å². The van der Waals surface area contributed by atoms with Crippen LogP contribution in [-0.2, 0) is 9.53 Å². The second kappa shape index (κ2) is 6.98. The Hall–Kier alpha value is -1.98. The van der Waals surface area contributed by atoms with Gasteiger partial charge in [0.2, 0.25) is 0 Å². The molecule has 1 atom stereocenters. The Balaban J connectivity index is 2.56. The van der Waals surface area contributed by atoms with Gasteiger partial charge in [-0.15, -0.1) is 0 Å². The topological polar surface area (TPSA) is 81.2 Å². The minimum absolute atomic E-state index is 0.159. The average Bonchev–Trinajstić information content (AvgIpc) is 2.33. The van der Waals surface area contributed by atoms with Crippen molar-refractivity contribution in [3.63, 3.8) is 0 Å². The first kappa shape index (κ1) is 16.1. The molecule has 1 heterocycles. The van der Waals surface area contributed by atoms with Gasteiger partial charge in [0.25, 0.3) is 5.91 Å². The lowest BCUT2D eigenvalue weighted by atomic mass is 10.2. The normalized spacial score (nSPS) is 12.1. The Bertz CT molecular complexity index is 480. The van der Waals surface area contributed by atoms with Crippen LogP contribution >= 0.6 is 0 Å². The van der Waals surface area contributed by atoms with Gasteiger partial charge in [0, 0.05) is 12.2 Å². The first-order valence-electron chi connectivity index (χ1n) is 6.60. The lowest BCUT2D eigenvalue weighted by molar-refractivity contribution is -0.151. The van der Waals surface area contributed by atoms with Crippen LogP contribution in [0.25, 0.3) is 0 Å². The largest absolute Gasteiger partial charge is 0.463 e. The van der Waals surface area contributed by atoms with Crippen molar-refractivity contribution in [2.24, 2.45) is 5.92 Å². The third-order valence-electron chi connectivity index (χ3n) is 2.52. The number of esters is 1. The number of aromatic nitrogens is 2. The number of nitrogens with zero attached hydrogens (tertiary/aromatic N) is 2. The summed E-state index contributed by atoms with van der Waals surface area (Å²) in [5.74, 6) is -0.494. The van der Waals surface area contributed by atoms with E-state index in [-0.39, 0.29) is 24.5 Å². The zero-order valence-corrected chi connectivity index (χ0v) is 12.6. The molecule has 1 N–H and O–H groups in total. The van der Waals surface area contributed by atoms with Crippen molar-refractivity contribution in [1.82, 2.24) is 15.3 Å². The molecular formula is C14H21N3O3. The summed E-state index contributed by atoms with van der Waals surface area (Å²) < 4.78 is 5.07. The standard InChI is InChI=1S/C14H21N3O3/c1-8(2)20-14(19)9(3)7-15-13(18)12-6-10(4)16-11(5)17-12/h6,8-9H,7H2,1-5H3,(H,15,18)/t9-/m0/s1. The van der Waals surface area contributed by atoms with Gasteiger partial charge in [-0.05, 0) is 33.8 Å². The van der Waals surface area contributed by atoms with Crippen LogP contribution in [0.3, 0.4) is 0 Å². The Morgan fingerprint density at radius 3 is 2.45 bits per heavy atom. The molecule has 0 saturated carbocycles. The van der Waals surface area contributed by atoms with Crippen LogP contribution in [0.1, 0.15) is 42.8 Å². The highest BCUT2D eigenvalue weighted by atomic mass is 16.5. The van der Waals surface area contributed by atoms with E-state index in [0.29, 0.717) is 11.5 Å². The predicted molar refractivity (Wildman–Crippen MR) is 74.2 cm³/mol. The monoisotopic (exact) mass is 279 g/mol. The second-order valence-corrected chi connectivity index (χ2v) is 5.04. The summed E-state index contributed by atoms with van der Waals surface area (Å²) in [4.78, 5) is 31.7. The number of ether oxygens (including phenoxy) is 1. The SMILES string of the molecule is Cc1cc(C(=O)NC[C@H](C)C(=O)OC(C)C)nc(C)n1. The molecule has 6 nitrogen and oxygen atoms in total. The third-order valence-corrected chi connectivity index (χ3v) is 2.52. The molecule has 0 bridgehead atoms. The first-order valence-corrected chi connectivity index (χ1v) is 6.60. The van der Waals surface area contributed by atoms with Gasteiger partial charge < -0.3 is 10.1 Å². The average molecular weight is 279 g/mol. The summed E-state index contributed by atoms with van der Waals surface area (Å²) in [5, 5.41) is 2.68. The van der Waals surface area contributed by atoms with E-state index in [2.05, 4.69) is 15.3 Å². The fourth-order valence-corrected chi connectivity index (χ4v) is 1.60. The van der Waals surface area contributed by atoms with E-state index < -0.39 is 5.92 Å². The van der Waals surface area contributed by atoms with Crippen molar-refractivity contribution < 1.29 is 14.3 Å². The molecule has 1 aromatic heterocycles. The van der Waals surface area contributed by atoms with Crippen molar-refractivity contribution in [1.29, 1.82) is 0 Å². The first-order chi connectivity index (χ1) is 9.29. The number of aryl methyl sites for hydroxylation is 2. The van der Waals surface area contributed by atoms with E-state index in [1.807, 2.05) is 0 Å². The lowest BCUT2D eigenvalue weighted by Gasteiger charge is -2.14. The van der Waals surface area contributed by atoms with E-state index in [4.69, 9.17) is 4.74 Å². The van der Waals surface area contributed by atoms with Crippen molar-refractivity contribution in [3.8, 4) is 0 Å². The fourth-order valence-electron chi connectivity index (χ4n) is 1.60. The Labute approximate surface area is 119 Å². The van der Waals surface area contributed by atoms with Crippen LogP contribution in [0.4, 0.5) is 0 Å². The Morgan fingerprint density at radius 2 is 1.90 bits per heavy atom. The van der Waals surface area contributed by atoms with Gasteiger partial charge in [-0.2, -0.15) is 0 Å². The molecule has 1 rings (SSSR count). The molecule has 0 unspecified atom stereocenters. The fraction of sp³-hybridized carbons (Fsp3) is 0.571. The van der Waals surface area contributed by atoms with E-state index in [1.54, 1.807) is 40.7 Å². The second-order valence-electron chi connectivity index (χ2n) is 5.04. The molecule has 0 saturated heterocycles. The van der Waals surface area contributed by atoms with Gasteiger partial charge in [-0.25, -0.2) is 9.97 Å². The zero-order chi connectivity index (χ0) is 15.3.